The van der Waals surface area contributed by atoms with Crippen molar-refractivity contribution in [3.8, 4) is 5.75 Å². The van der Waals surface area contributed by atoms with Gasteiger partial charge in [0.05, 0.1) is 20.8 Å². The third-order valence-corrected chi connectivity index (χ3v) is 6.83. The maximum atomic E-state index is 13.1. The Kier molecular flexibility index (Phi) is 6.89. The van der Waals surface area contributed by atoms with Gasteiger partial charge in [0, 0.05) is 0 Å². The number of anilines is 1. The molecule has 0 spiro atoms. The number of carbonyl (C=O) groups is 3. The first-order chi connectivity index (χ1) is 17.8. The van der Waals surface area contributed by atoms with Crippen molar-refractivity contribution < 1.29 is 19.1 Å². The second-order valence-electron chi connectivity index (χ2n) is 8.17. The van der Waals surface area contributed by atoms with E-state index in [1.807, 2.05) is 42.5 Å². The fraction of sp³-hybridized carbons (Fsp3) is 0.0357. The van der Waals surface area contributed by atoms with Gasteiger partial charge in [0.25, 0.3) is 11.8 Å². The van der Waals surface area contributed by atoms with E-state index in [0.29, 0.717) is 22.9 Å². The van der Waals surface area contributed by atoms with Crippen molar-refractivity contribution in [3.05, 3.63) is 111 Å². The monoisotopic (exact) mass is 550 g/mol. The molecule has 184 valence electrons. The van der Waals surface area contributed by atoms with Gasteiger partial charge in [-0.1, -0.05) is 83.3 Å². The number of urea groups is 1. The third-order valence-electron chi connectivity index (χ3n) is 5.79. The smallest absolute Gasteiger partial charge is 0.335 e. The quantitative estimate of drug-likeness (QED) is 0.213. The molecule has 6 nitrogen and oxygen atoms in total. The molecule has 4 aromatic rings. The van der Waals surface area contributed by atoms with E-state index in [9.17, 15) is 14.4 Å². The number of imide groups is 2. The van der Waals surface area contributed by atoms with E-state index in [-0.39, 0.29) is 21.3 Å². The Balaban J connectivity index is 1.38. The zero-order chi connectivity index (χ0) is 26.1. The molecule has 37 heavy (non-hydrogen) atoms. The van der Waals surface area contributed by atoms with Gasteiger partial charge in [0.15, 0.2) is 0 Å². The van der Waals surface area contributed by atoms with Gasteiger partial charge in [0.2, 0.25) is 0 Å². The molecular weight excluding hydrogens is 535 g/mol. The first-order valence-electron chi connectivity index (χ1n) is 11.1. The van der Waals surface area contributed by atoms with Crippen LogP contribution in [0.15, 0.2) is 84.4 Å². The summed E-state index contributed by atoms with van der Waals surface area (Å²) in [6.07, 6.45) is 1.36. The van der Waals surface area contributed by atoms with Gasteiger partial charge in [0.1, 0.15) is 17.9 Å². The number of carbonyl (C=O) groups excluding carboxylic acids is 3. The molecule has 9 heteroatoms. The van der Waals surface area contributed by atoms with Crippen LogP contribution in [0.2, 0.25) is 15.1 Å². The Labute approximate surface area is 227 Å². The van der Waals surface area contributed by atoms with E-state index in [0.717, 1.165) is 21.2 Å². The third kappa shape index (κ3) is 5.04. The first kappa shape index (κ1) is 24.8. The van der Waals surface area contributed by atoms with Crippen molar-refractivity contribution in [1.29, 1.82) is 0 Å². The predicted molar refractivity (Wildman–Crippen MR) is 145 cm³/mol. The summed E-state index contributed by atoms with van der Waals surface area (Å²) < 4.78 is 5.95. The standard InChI is InChI=1S/C28H17Cl3N2O4/c29-22-10-9-19(14-23(22)30)33-27(35)21(26(34)32-28(33)36)12-16-8-11-25(24(31)13-16)37-15-18-6-3-5-17-4-1-2-7-20(17)18/h1-14H,15H2,(H,32,34,36)/b21-12+. The van der Waals surface area contributed by atoms with E-state index in [1.54, 1.807) is 18.2 Å². The molecule has 0 aliphatic carbocycles. The zero-order valence-electron chi connectivity index (χ0n) is 19.0. The molecular formula is C28H17Cl3N2O4. The Morgan fingerprint density at radius 3 is 2.38 bits per heavy atom. The average Bonchev–Trinajstić information content (AvgIpc) is 2.88. The molecule has 0 radical (unpaired) electrons. The van der Waals surface area contributed by atoms with Gasteiger partial charge in [-0.15, -0.1) is 0 Å². The second kappa shape index (κ2) is 10.3. The molecule has 1 saturated heterocycles. The number of ether oxygens (including phenoxy) is 1. The Morgan fingerprint density at radius 1 is 0.811 bits per heavy atom. The second-order valence-corrected chi connectivity index (χ2v) is 9.39. The summed E-state index contributed by atoms with van der Waals surface area (Å²) in [7, 11) is 0. The van der Waals surface area contributed by atoms with Crippen molar-refractivity contribution in [3.63, 3.8) is 0 Å². The van der Waals surface area contributed by atoms with Crippen LogP contribution >= 0.6 is 34.8 Å². The van der Waals surface area contributed by atoms with Crippen LogP contribution in [0, 0.1) is 0 Å². The molecule has 1 aliphatic rings. The number of hydrogen-bond acceptors (Lipinski definition) is 4. The van der Waals surface area contributed by atoms with Gasteiger partial charge in [-0.3, -0.25) is 14.9 Å². The lowest BCUT2D eigenvalue weighted by Crippen LogP contribution is -2.54. The van der Waals surface area contributed by atoms with Crippen LogP contribution in [0.1, 0.15) is 11.1 Å². The first-order valence-corrected chi connectivity index (χ1v) is 12.2. The summed E-state index contributed by atoms with van der Waals surface area (Å²) in [4.78, 5) is 38.8. The summed E-state index contributed by atoms with van der Waals surface area (Å²) in [5.41, 5.74) is 1.41. The van der Waals surface area contributed by atoms with Gasteiger partial charge in [-0.2, -0.15) is 0 Å². The highest BCUT2D eigenvalue weighted by atomic mass is 35.5. The largest absolute Gasteiger partial charge is 0.487 e. The summed E-state index contributed by atoms with van der Waals surface area (Å²) in [5, 5.41) is 5.09. The molecule has 0 aromatic heterocycles. The fourth-order valence-corrected chi connectivity index (χ4v) is 4.52. The van der Waals surface area contributed by atoms with Crippen molar-refractivity contribution in [2.24, 2.45) is 0 Å². The van der Waals surface area contributed by atoms with E-state index in [1.165, 1.54) is 24.3 Å². The lowest BCUT2D eigenvalue weighted by atomic mass is 10.1. The number of halogens is 3. The minimum absolute atomic E-state index is 0.160. The van der Waals surface area contributed by atoms with Crippen LogP contribution in [-0.4, -0.2) is 17.8 Å². The van der Waals surface area contributed by atoms with E-state index >= 15 is 0 Å². The van der Waals surface area contributed by atoms with Gasteiger partial charge in [-0.25, -0.2) is 9.69 Å². The lowest BCUT2D eigenvalue weighted by molar-refractivity contribution is -0.122. The molecule has 0 saturated carbocycles. The highest BCUT2D eigenvalue weighted by Crippen LogP contribution is 2.31. The lowest BCUT2D eigenvalue weighted by Gasteiger charge is -2.26. The number of amides is 4. The van der Waals surface area contributed by atoms with Crippen LogP contribution in [0.3, 0.4) is 0 Å². The minimum atomic E-state index is -0.888. The number of barbiturate groups is 1. The summed E-state index contributed by atoms with van der Waals surface area (Å²) in [6, 6.07) is 22.3. The summed E-state index contributed by atoms with van der Waals surface area (Å²) in [6.45, 7) is 0.309. The summed E-state index contributed by atoms with van der Waals surface area (Å²) in [5.74, 6) is -1.18. The fourth-order valence-electron chi connectivity index (χ4n) is 3.98. The van der Waals surface area contributed by atoms with Crippen molar-refractivity contribution in [2.75, 3.05) is 4.90 Å². The van der Waals surface area contributed by atoms with Crippen LogP contribution in [0.5, 0.6) is 5.75 Å². The molecule has 0 bridgehead atoms. The summed E-state index contributed by atoms with van der Waals surface area (Å²) >= 11 is 18.4. The van der Waals surface area contributed by atoms with E-state index in [4.69, 9.17) is 39.5 Å². The Hall–Kier alpha value is -3.84. The SMILES string of the molecule is O=C1NC(=O)N(c2ccc(Cl)c(Cl)c2)C(=O)/C1=C/c1ccc(OCc2cccc3ccccc23)c(Cl)c1. The Morgan fingerprint density at radius 2 is 1.59 bits per heavy atom. The number of fused-ring (bicyclic) bond motifs is 1. The van der Waals surface area contributed by atoms with Gasteiger partial charge >= 0.3 is 6.03 Å². The van der Waals surface area contributed by atoms with Crippen LogP contribution < -0.4 is 15.0 Å². The number of hydrogen-bond donors (Lipinski definition) is 1. The van der Waals surface area contributed by atoms with Gasteiger partial charge < -0.3 is 4.74 Å². The molecule has 1 heterocycles. The van der Waals surface area contributed by atoms with Crippen molar-refractivity contribution in [1.82, 2.24) is 5.32 Å². The molecule has 4 aromatic carbocycles. The number of nitrogens with zero attached hydrogens (tertiary/aromatic N) is 1. The topological polar surface area (TPSA) is 75.7 Å². The van der Waals surface area contributed by atoms with E-state index in [2.05, 4.69) is 5.32 Å². The highest BCUT2D eigenvalue weighted by Gasteiger charge is 2.37. The maximum absolute atomic E-state index is 13.1. The number of benzene rings is 4. The minimum Gasteiger partial charge on any atom is -0.487 e. The highest BCUT2D eigenvalue weighted by molar-refractivity contribution is 6.43. The molecule has 1 aliphatic heterocycles. The molecule has 5 rings (SSSR count). The maximum Gasteiger partial charge on any atom is 0.335 e. The van der Waals surface area contributed by atoms with E-state index < -0.39 is 17.8 Å². The molecule has 1 N–H and O–H groups in total. The molecule has 4 amide bonds. The van der Waals surface area contributed by atoms with Crippen LogP contribution in [0.25, 0.3) is 16.8 Å². The average molecular weight is 552 g/mol. The normalized spacial score (nSPS) is 14.8. The zero-order valence-corrected chi connectivity index (χ0v) is 21.3. The molecule has 0 atom stereocenters. The van der Waals surface area contributed by atoms with Crippen LogP contribution in [-0.2, 0) is 16.2 Å². The van der Waals surface area contributed by atoms with Crippen molar-refractivity contribution in [2.45, 2.75) is 6.61 Å². The molecule has 1 fully saturated rings. The van der Waals surface area contributed by atoms with Crippen LogP contribution in [0.4, 0.5) is 10.5 Å². The number of nitrogens with one attached hydrogen (secondary N) is 1. The predicted octanol–water partition coefficient (Wildman–Crippen LogP) is 7.05. The van der Waals surface area contributed by atoms with Gasteiger partial charge in [-0.05, 0) is 58.3 Å². The number of rotatable bonds is 5. The Bertz CT molecular complexity index is 1610. The van der Waals surface area contributed by atoms with Crippen molar-refractivity contribution >= 4 is 75.2 Å². The molecule has 0 unspecified atom stereocenters.